The van der Waals surface area contributed by atoms with Crippen molar-refractivity contribution in [2.24, 2.45) is 0 Å². The maximum atomic E-state index is 15.0. The molecule has 4 aromatic rings. The molecule has 1 N–H and O–H groups in total. The first-order chi connectivity index (χ1) is 21.6. The normalized spacial score (nSPS) is 11.9. The first-order valence-electron chi connectivity index (χ1n) is 15.1. The molecule has 0 aromatic heterocycles. The van der Waals surface area contributed by atoms with Gasteiger partial charge < -0.3 is 10.2 Å². The van der Waals surface area contributed by atoms with Crippen LogP contribution < -0.4 is 9.62 Å². The molecule has 2 amide bonds. The highest BCUT2D eigenvalue weighted by Crippen LogP contribution is 2.26. The van der Waals surface area contributed by atoms with Gasteiger partial charge in [0, 0.05) is 25.1 Å². The fraction of sp³-hybridized carbons (Fsp3) is 0.278. The first-order valence-corrected chi connectivity index (χ1v) is 16.5. The van der Waals surface area contributed by atoms with Gasteiger partial charge in [0.1, 0.15) is 18.4 Å². The number of aryl methyl sites for hydroxylation is 2. The molecule has 0 aliphatic heterocycles. The van der Waals surface area contributed by atoms with Crippen LogP contribution in [-0.2, 0) is 32.6 Å². The second-order valence-electron chi connectivity index (χ2n) is 11.1. The lowest BCUT2D eigenvalue weighted by Crippen LogP contribution is -2.53. The molecule has 0 bridgehead atoms. The lowest BCUT2D eigenvalue weighted by Gasteiger charge is -2.34. The number of amides is 2. The van der Waals surface area contributed by atoms with Gasteiger partial charge in [0.2, 0.25) is 11.8 Å². The van der Waals surface area contributed by atoms with Gasteiger partial charge in [-0.25, -0.2) is 12.8 Å². The zero-order valence-electron chi connectivity index (χ0n) is 25.9. The molecule has 0 heterocycles. The Hall–Kier alpha value is -4.50. The summed E-state index contributed by atoms with van der Waals surface area (Å²) in [4.78, 5) is 29.5. The highest BCUT2D eigenvalue weighted by Gasteiger charge is 2.35. The number of anilines is 1. The molecule has 9 heteroatoms. The molecule has 1 atom stereocenters. The van der Waals surface area contributed by atoms with Crippen molar-refractivity contribution in [2.75, 3.05) is 17.4 Å². The molecule has 0 fully saturated rings. The quantitative estimate of drug-likeness (QED) is 0.169. The Labute approximate surface area is 265 Å². The summed E-state index contributed by atoms with van der Waals surface area (Å²) in [5.41, 5.74) is 3.03. The standard InChI is InChI=1S/C36H40FN3O4S/c1-4-5-22-38-36(42)34(24-29-13-7-6-8-14-29)39(25-30-15-9-10-17-33(30)37)35(41)26-40(31-16-11-12-28(3)23-31)45(43,44)32-20-18-27(2)19-21-32/h6-21,23,34H,4-5,22,24-26H2,1-3H3,(H,38,42)/t34-/m0/s1. The number of nitrogens with zero attached hydrogens (tertiary/aromatic N) is 2. The third-order valence-electron chi connectivity index (χ3n) is 7.58. The van der Waals surface area contributed by atoms with Crippen LogP contribution in [0.3, 0.4) is 0 Å². The van der Waals surface area contributed by atoms with E-state index in [1.165, 1.54) is 23.1 Å². The number of hydrogen-bond acceptors (Lipinski definition) is 4. The Morgan fingerprint density at radius 3 is 2.20 bits per heavy atom. The van der Waals surface area contributed by atoms with E-state index < -0.39 is 34.3 Å². The summed E-state index contributed by atoms with van der Waals surface area (Å²) in [5.74, 6) is -1.55. The van der Waals surface area contributed by atoms with Gasteiger partial charge in [-0.3, -0.25) is 13.9 Å². The number of halogens is 1. The molecule has 4 aromatic carbocycles. The average Bonchev–Trinajstić information content (AvgIpc) is 3.03. The van der Waals surface area contributed by atoms with Gasteiger partial charge >= 0.3 is 0 Å². The largest absolute Gasteiger partial charge is 0.354 e. The van der Waals surface area contributed by atoms with Gasteiger partial charge in [-0.2, -0.15) is 0 Å². The third-order valence-corrected chi connectivity index (χ3v) is 9.36. The summed E-state index contributed by atoms with van der Waals surface area (Å²) in [6.45, 7) is 5.30. The molecule has 4 rings (SSSR count). The van der Waals surface area contributed by atoms with Crippen LogP contribution in [0.1, 0.15) is 42.0 Å². The van der Waals surface area contributed by atoms with E-state index in [9.17, 15) is 18.0 Å². The SMILES string of the molecule is CCCCNC(=O)[C@H](Cc1ccccc1)N(Cc1ccccc1F)C(=O)CN(c1cccc(C)c1)S(=O)(=O)c1ccc(C)cc1. The fourth-order valence-electron chi connectivity index (χ4n) is 5.02. The Kier molecular flexibility index (Phi) is 11.5. The van der Waals surface area contributed by atoms with E-state index in [2.05, 4.69) is 5.32 Å². The Balaban J connectivity index is 1.80. The minimum Gasteiger partial charge on any atom is -0.354 e. The zero-order chi connectivity index (χ0) is 32.4. The Bertz CT molecular complexity index is 1700. The monoisotopic (exact) mass is 629 g/mol. The molecule has 45 heavy (non-hydrogen) atoms. The van der Waals surface area contributed by atoms with Crippen molar-refractivity contribution < 1.29 is 22.4 Å². The molecule has 0 radical (unpaired) electrons. The van der Waals surface area contributed by atoms with Crippen molar-refractivity contribution in [3.05, 3.63) is 131 Å². The lowest BCUT2D eigenvalue weighted by molar-refractivity contribution is -0.140. The zero-order valence-corrected chi connectivity index (χ0v) is 26.8. The maximum absolute atomic E-state index is 15.0. The predicted molar refractivity (Wildman–Crippen MR) is 176 cm³/mol. The van der Waals surface area contributed by atoms with Crippen molar-refractivity contribution in [1.29, 1.82) is 0 Å². The maximum Gasteiger partial charge on any atom is 0.264 e. The summed E-state index contributed by atoms with van der Waals surface area (Å²) >= 11 is 0. The van der Waals surface area contributed by atoms with Gasteiger partial charge in [-0.1, -0.05) is 91.7 Å². The van der Waals surface area contributed by atoms with E-state index in [1.54, 1.807) is 48.5 Å². The third kappa shape index (κ3) is 8.79. The highest BCUT2D eigenvalue weighted by atomic mass is 32.2. The highest BCUT2D eigenvalue weighted by molar-refractivity contribution is 7.92. The van der Waals surface area contributed by atoms with Crippen LogP contribution in [0.2, 0.25) is 0 Å². The number of unbranched alkanes of at least 4 members (excludes halogenated alkanes) is 1. The minimum absolute atomic E-state index is 0.0289. The number of carbonyl (C=O) groups excluding carboxylic acids is 2. The Morgan fingerprint density at radius 2 is 1.53 bits per heavy atom. The molecule has 236 valence electrons. The average molecular weight is 630 g/mol. The molecule has 0 unspecified atom stereocenters. The van der Waals surface area contributed by atoms with Crippen molar-refractivity contribution in [3.63, 3.8) is 0 Å². The molecule has 0 saturated carbocycles. The number of carbonyl (C=O) groups is 2. The van der Waals surface area contributed by atoms with Crippen LogP contribution in [-0.4, -0.2) is 44.3 Å². The smallest absolute Gasteiger partial charge is 0.264 e. The summed E-state index contributed by atoms with van der Waals surface area (Å²) < 4.78 is 44.3. The Morgan fingerprint density at radius 1 is 0.844 bits per heavy atom. The van der Waals surface area contributed by atoms with Gasteiger partial charge in [-0.05, 0) is 61.7 Å². The van der Waals surface area contributed by atoms with Crippen LogP contribution in [0.15, 0.2) is 108 Å². The summed E-state index contributed by atoms with van der Waals surface area (Å²) in [6, 6.07) is 27.6. The lowest BCUT2D eigenvalue weighted by atomic mass is 10.0. The van der Waals surface area contributed by atoms with E-state index in [1.807, 2.05) is 57.2 Å². The second-order valence-corrected chi connectivity index (χ2v) is 13.0. The minimum atomic E-state index is -4.21. The van der Waals surface area contributed by atoms with Crippen LogP contribution in [0.5, 0.6) is 0 Å². The molecule has 0 aliphatic rings. The topological polar surface area (TPSA) is 86.8 Å². The van der Waals surface area contributed by atoms with E-state index in [0.717, 1.165) is 33.8 Å². The number of rotatable bonds is 14. The number of benzene rings is 4. The molecule has 0 aliphatic carbocycles. The predicted octanol–water partition coefficient (Wildman–Crippen LogP) is 6.19. The van der Waals surface area contributed by atoms with Gasteiger partial charge in [-0.15, -0.1) is 0 Å². The summed E-state index contributed by atoms with van der Waals surface area (Å²) in [5, 5.41) is 2.94. The van der Waals surface area contributed by atoms with Crippen LogP contribution in [0.4, 0.5) is 10.1 Å². The van der Waals surface area contributed by atoms with Crippen LogP contribution >= 0.6 is 0 Å². The van der Waals surface area contributed by atoms with E-state index in [-0.39, 0.29) is 29.3 Å². The molecule has 7 nitrogen and oxygen atoms in total. The van der Waals surface area contributed by atoms with Gasteiger partial charge in [0.15, 0.2) is 0 Å². The molecular weight excluding hydrogens is 589 g/mol. The molecule has 0 spiro atoms. The van der Waals surface area contributed by atoms with Crippen LogP contribution in [0, 0.1) is 19.7 Å². The summed E-state index contributed by atoms with van der Waals surface area (Å²) in [6.07, 6.45) is 1.78. The number of nitrogens with one attached hydrogen (secondary N) is 1. The second kappa shape index (κ2) is 15.5. The van der Waals surface area contributed by atoms with Crippen molar-refractivity contribution in [3.8, 4) is 0 Å². The first kappa shape index (κ1) is 33.4. The van der Waals surface area contributed by atoms with Gasteiger partial charge in [0.25, 0.3) is 10.0 Å². The van der Waals surface area contributed by atoms with Crippen molar-refractivity contribution >= 4 is 27.5 Å². The number of hydrogen-bond donors (Lipinski definition) is 1. The molecule has 0 saturated heterocycles. The van der Waals surface area contributed by atoms with Crippen LogP contribution in [0.25, 0.3) is 0 Å². The van der Waals surface area contributed by atoms with E-state index in [4.69, 9.17) is 0 Å². The molecular formula is C36H40FN3O4S. The van der Waals surface area contributed by atoms with Crippen molar-refractivity contribution in [1.82, 2.24) is 10.2 Å². The van der Waals surface area contributed by atoms with Gasteiger partial charge in [0.05, 0.1) is 10.6 Å². The number of sulfonamides is 1. The fourth-order valence-corrected chi connectivity index (χ4v) is 6.43. The van der Waals surface area contributed by atoms with Crippen molar-refractivity contribution in [2.45, 2.75) is 57.5 Å². The van der Waals surface area contributed by atoms with E-state index in [0.29, 0.717) is 12.2 Å². The van der Waals surface area contributed by atoms with E-state index >= 15 is 4.39 Å². The summed E-state index contributed by atoms with van der Waals surface area (Å²) in [7, 11) is -4.21.